The fourth-order valence-corrected chi connectivity index (χ4v) is 2.75. The van der Waals surface area contributed by atoms with Crippen molar-refractivity contribution in [2.45, 2.75) is 17.6 Å². The van der Waals surface area contributed by atoms with E-state index in [1.54, 1.807) is 0 Å². The summed E-state index contributed by atoms with van der Waals surface area (Å²) in [6, 6.07) is 5.14. The van der Waals surface area contributed by atoms with E-state index < -0.39 is 29.8 Å². The van der Waals surface area contributed by atoms with Crippen LogP contribution in [0.2, 0.25) is 5.02 Å². The lowest BCUT2D eigenvalue weighted by Crippen LogP contribution is -2.17. The molecule has 0 spiro atoms. The molecule has 0 aliphatic heterocycles. The molecule has 0 unspecified atom stereocenters. The van der Waals surface area contributed by atoms with Crippen molar-refractivity contribution in [3.63, 3.8) is 0 Å². The molecule has 146 valence electrons. The molecule has 2 rings (SSSR count). The highest BCUT2D eigenvalue weighted by Crippen LogP contribution is 2.33. The first-order chi connectivity index (χ1) is 12.4. The normalized spacial score (nSPS) is 12.0. The molecular formula is C15H9ClF6N2O2S. The third-order valence-electron chi connectivity index (χ3n) is 2.85. The Balaban J connectivity index is 1.91. The fourth-order valence-electron chi connectivity index (χ4n) is 1.76. The Hall–Kier alpha value is -2.14. The largest absolute Gasteiger partial charge is 0.573 e. The molecular weight excluding hydrogens is 422 g/mol. The molecule has 0 atom stereocenters. The molecule has 0 bridgehead atoms. The molecule has 2 aromatic rings. The number of thioether (sulfide) groups is 1. The van der Waals surface area contributed by atoms with Crippen molar-refractivity contribution < 1.29 is 35.9 Å². The molecule has 1 aromatic carbocycles. The third-order valence-corrected chi connectivity index (χ3v) is 4.25. The number of ether oxygens (including phenoxy) is 1. The highest BCUT2D eigenvalue weighted by molar-refractivity contribution is 8.00. The molecule has 1 heterocycles. The van der Waals surface area contributed by atoms with E-state index in [-0.39, 0.29) is 21.5 Å². The second kappa shape index (κ2) is 8.26. The van der Waals surface area contributed by atoms with Crippen LogP contribution in [0.15, 0.2) is 41.6 Å². The van der Waals surface area contributed by atoms with Crippen LogP contribution in [0.4, 0.5) is 32.0 Å². The standard InChI is InChI=1S/C15H9ClF6N2O2S/c16-11-5-8(14(17,18)19)6-23-13(11)27-7-12(25)24-9-1-3-10(4-2-9)26-15(20,21)22/h1-6H,7H2,(H,24,25). The van der Waals surface area contributed by atoms with Gasteiger partial charge in [-0.1, -0.05) is 23.4 Å². The number of halogens is 7. The third kappa shape index (κ3) is 6.83. The van der Waals surface area contributed by atoms with Crippen molar-refractivity contribution >= 4 is 35.0 Å². The van der Waals surface area contributed by atoms with E-state index in [0.717, 1.165) is 23.9 Å². The van der Waals surface area contributed by atoms with Crippen molar-refractivity contribution in [1.29, 1.82) is 0 Å². The summed E-state index contributed by atoms with van der Waals surface area (Å²) >= 11 is 6.54. The Bertz CT molecular complexity index is 811. The fraction of sp³-hybridized carbons (Fsp3) is 0.200. The van der Waals surface area contributed by atoms with E-state index in [4.69, 9.17) is 11.6 Å². The highest BCUT2D eigenvalue weighted by Gasteiger charge is 2.32. The lowest BCUT2D eigenvalue weighted by atomic mass is 10.3. The second-order valence-corrected chi connectivity index (χ2v) is 6.29. The summed E-state index contributed by atoms with van der Waals surface area (Å²) in [6.07, 6.45) is -8.81. The van der Waals surface area contributed by atoms with Gasteiger partial charge in [0.15, 0.2) is 0 Å². The number of rotatable bonds is 5. The predicted octanol–water partition coefficient (Wildman–Crippen LogP) is 5.38. The van der Waals surface area contributed by atoms with E-state index >= 15 is 0 Å². The first-order valence-electron chi connectivity index (χ1n) is 6.95. The molecule has 1 aromatic heterocycles. The van der Waals surface area contributed by atoms with E-state index in [1.165, 1.54) is 12.1 Å². The molecule has 0 aliphatic carbocycles. The lowest BCUT2D eigenvalue weighted by molar-refractivity contribution is -0.274. The van der Waals surface area contributed by atoms with Crippen molar-refractivity contribution in [2.75, 3.05) is 11.1 Å². The maximum atomic E-state index is 12.5. The van der Waals surface area contributed by atoms with Crippen molar-refractivity contribution in [3.05, 3.63) is 47.1 Å². The van der Waals surface area contributed by atoms with Crippen LogP contribution < -0.4 is 10.1 Å². The van der Waals surface area contributed by atoms with E-state index in [1.807, 2.05) is 0 Å². The van der Waals surface area contributed by atoms with Gasteiger partial charge in [0, 0.05) is 11.9 Å². The zero-order valence-electron chi connectivity index (χ0n) is 13.0. The van der Waals surface area contributed by atoms with Crippen LogP contribution in [0.25, 0.3) is 0 Å². The number of nitrogens with one attached hydrogen (secondary N) is 1. The maximum absolute atomic E-state index is 12.5. The predicted molar refractivity (Wildman–Crippen MR) is 86.7 cm³/mol. The van der Waals surface area contributed by atoms with E-state index in [2.05, 4.69) is 15.0 Å². The topological polar surface area (TPSA) is 51.2 Å². The van der Waals surface area contributed by atoms with Gasteiger partial charge in [0.25, 0.3) is 0 Å². The summed E-state index contributed by atoms with van der Waals surface area (Å²) in [7, 11) is 0. The summed E-state index contributed by atoms with van der Waals surface area (Å²) in [4.78, 5) is 15.4. The van der Waals surface area contributed by atoms with Gasteiger partial charge in [-0.25, -0.2) is 4.98 Å². The quantitative estimate of drug-likeness (QED) is 0.511. The van der Waals surface area contributed by atoms with Crippen molar-refractivity contribution in [3.8, 4) is 5.75 Å². The number of nitrogens with zero attached hydrogens (tertiary/aromatic N) is 1. The van der Waals surface area contributed by atoms with Crippen LogP contribution in [0.3, 0.4) is 0 Å². The number of carbonyl (C=O) groups is 1. The van der Waals surface area contributed by atoms with Gasteiger partial charge in [-0.15, -0.1) is 13.2 Å². The summed E-state index contributed by atoms with van der Waals surface area (Å²) in [6.45, 7) is 0. The number of amides is 1. The van der Waals surface area contributed by atoms with Gasteiger partial charge in [0.05, 0.1) is 16.3 Å². The summed E-state index contributed by atoms with van der Waals surface area (Å²) in [5.41, 5.74) is -0.802. The van der Waals surface area contributed by atoms with Crippen LogP contribution in [0.1, 0.15) is 5.56 Å². The van der Waals surface area contributed by atoms with Gasteiger partial charge >= 0.3 is 12.5 Å². The van der Waals surface area contributed by atoms with Crippen LogP contribution >= 0.6 is 23.4 Å². The van der Waals surface area contributed by atoms with Gasteiger partial charge in [-0.3, -0.25) is 4.79 Å². The molecule has 0 saturated heterocycles. The number of carbonyl (C=O) groups excluding carboxylic acids is 1. The SMILES string of the molecule is O=C(CSc1ncc(C(F)(F)F)cc1Cl)Nc1ccc(OC(F)(F)F)cc1. The summed E-state index contributed by atoms with van der Waals surface area (Å²) < 4.78 is 77.5. The Kier molecular flexibility index (Phi) is 6.47. The van der Waals surface area contributed by atoms with E-state index in [0.29, 0.717) is 12.3 Å². The zero-order valence-corrected chi connectivity index (χ0v) is 14.6. The van der Waals surface area contributed by atoms with Crippen LogP contribution in [0, 0.1) is 0 Å². The van der Waals surface area contributed by atoms with Gasteiger partial charge < -0.3 is 10.1 Å². The smallest absolute Gasteiger partial charge is 0.406 e. The number of alkyl halides is 6. The Morgan fingerprint density at radius 1 is 1.15 bits per heavy atom. The monoisotopic (exact) mass is 430 g/mol. The lowest BCUT2D eigenvalue weighted by Gasteiger charge is -2.10. The Morgan fingerprint density at radius 2 is 1.78 bits per heavy atom. The zero-order chi connectivity index (χ0) is 20.2. The minimum absolute atomic E-state index is 0.0359. The highest BCUT2D eigenvalue weighted by atomic mass is 35.5. The second-order valence-electron chi connectivity index (χ2n) is 4.92. The van der Waals surface area contributed by atoms with Crippen LogP contribution in [-0.4, -0.2) is 23.0 Å². The average Bonchev–Trinajstić information content (AvgIpc) is 2.53. The number of benzene rings is 1. The number of hydrogen-bond acceptors (Lipinski definition) is 4. The molecule has 0 fully saturated rings. The molecule has 12 heteroatoms. The molecule has 0 aliphatic rings. The summed E-state index contributed by atoms with van der Waals surface area (Å²) in [5.74, 6) is -1.23. The van der Waals surface area contributed by atoms with Crippen molar-refractivity contribution in [2.24, 2.45) is 0 Å². The average molecular weight is 431 g/mol. The number of aromatic nitrogens is 1. The van der Waals surface area contributed by atoms with Crippen LogP contribution in [-0.2, 0) is 11.0 Å². The molecule has 27 heavy (non-hydrogen) atoms. The van der Waals surface area contributed by atoms with Crippen molar-refractivity contribution in [1.82, 2.24) is 4.98 Å². The maximum Gasteiger partial charge on any atom is 0.573 e. The van der Waals surface area contributed by atoms with Gasteiger partial charge in [-0.05, 0) is 30.3 Å². The molecule has 4 nitrogen and oxygen atoms in total. The van der Waals surface area contributed by atoms with E-state index in [9.17, 15) is 31.1 Å². The Labute approximate surface area is 157 Å². The molecule has 1 amide bonds. The first-order valence-corrected chi connectivity index (χ1v) is 8.31. The number of anilines is 1. The molecule has 1 N–H and O–H groups in total. The van der Waals surface area contributed by atoms with Crippen LogP contribution in [0.5, 0.6) is 5.75 Å². The Morgan fingerprint density at radius 3 is 2.30 bits per heavy atom. The minimum Gasteiger partial charge on any atom is -0.406 e. The van der Waals surface area contributed by atoms with Gasteiger partial charge in [0.2, 0.25) is 5.91 Å². The van der Waals surface area contributed by atoms with Gasteiger partial charge in [-0.2, -0.15) is 13.2 Å². The molecule has 0 saturated carbocycles. The molecule has 0 radical (unpaired) electrons. The van der Waals surface area contributed by atoms with Gasteiger partial charge in [0.1, 0.15) is 10.8 Å². The number of pyridine rings is 1. The summed E-state index contributed by atoms with van der Waals surface area (Å²) in [5, 5.41) is 2.19. The minimum atomic E-state index is -4.82. The first kappa shape index (κ1) is 21.2. The number of hydrogen-bond donors (Lipinski definition) is 1.